The van der Waals surface area contributed by atoms with Crippen LogP contribution in [0.2, 0.25) is 5.02 Å². The van der Waals surface area contributed by atoms with Gasteiger partial charge in [0.05, 0.1) is 10.6 Å². The lowest BCUT2D eigenvalue weighted by Gasteiger charge is -2.12. The summed E-state index contributed by atoms with van der Waals surface area (Å²) in [6.45, 7) is 0.739. The number of hydrogen-bond donors (Lipinski definition) is 2. The summed E-state index contributed by atoms with van der Waals surface area (Å²) in [6.07, 6.45) is 0. The van der Waals surface area contributed by atoms with Gasteiger partial charge in [0.2, 0.25) is 0 Å². The van der Waals surface area contributed by atoms with Crippen LogP contribution in [0, 0.1) is 5.41 Å². The van der Waals surface area contributed by atoms with Crippen LogP contribution in [0.3, 0.4) is 0 Å². The number of rotatable bonds is 6. The number of halogens is 1. The lowest BCUT2D eigenvalue weighted by molar-refractivity contribution is 0.217. The SMILES string of the molecule is N=C(N)c1c(Cl)cccc1OCCOc1ccccc1. The number of ether oxygens (including phenoxy) is 2. The molecule has 0 aromatic heterocycles. The largest absolute Gasteiger partial charge is 0.490 e. The molecule has 20 heavy (non-hydrogen) atoms. The Hall–Kier alpha value is -2.20. The van der Waals surface area contributed by atoms with Crippen molar-refractivity contribution in [2.24, 2.45) is 5.73 Å². The lowest BCUT2D eigenvalue weighted by atomic mass is 10.2. The maximum absolute atomic E-state index is 7.51. The summed E-state index contributed by atoms with van der Waals surface area (Å²) in [5.41, 5.74) is 5.91. The Morgan fingerprint density at radius 2 is 1.70 bits per heavy atom. The summed E-state index contributed by atoms with van der Waals surface area (Å²) in [4.78, 5) is 0. The lowest BCUT2D eigenvalue weighted by Crippen LogP contribution is -2.16. The van der Waals surface area contributed by atoms with E-state index in [0.717, 1.165) is 5.75 Å². The van der Waals surface area contributed by atoms with Gasteiger partial charge in [-0.1, -0.05) is 35.9 Å². The van der Waals surface area contributed by atoms with Gasteiger partial charge in [-0.2, -0.15) is 0 Å². The van der Waals surface area contributed by atoms with Crippen LogP contribution in [0.15, 0.2) is 48.5 Å². The van der Waals surface area contributed by atoms with E-state index in [4.69, 9.17) is 32.2 Å². The molecule has 0 aliphatic rings. The van der Waals surface area contributed by atoms with E-state index in [1.165, 1.54) is 0 Å². The first kappa shape index (κ1) is 14.2. The highest BCUT2D eigenvalue weighted by Crippen LogP contribution is 2.25. The highest BCUT2D eigenvalue weighted by molar-refractivity contribution is 6.34. The second kappa shape index (κ2) is 6.82. The first-order valence-corrected chi connectivity index (χ1v) is 6.50. The molecule has 0 spiro atoms. The number of hydrogen-bond acceptors (Lipinski definition) is 3. The normalized spacial score (nSPS) is 10.1. The van der Waals surface area contributed by atoms with Crippen LogP contribution in [0.5, 0.6) is 11.5 Å². The second-order valence-corrected chi connectivity index (χ2v) is 4.44. The van der Waals surface area contributed by atoms with Crippen molar-refractivity contribution >= 4 is 17.4 Å². The van der Waals surface area contributed by atoms with E-state index in [1.54, 1.807) is 18.2 Å². The fourth-order valence-electron chi connectivity index (χ4n) is 1.71. The Kier molecular flexibility index (Phi) is 4.85. The van der Waals surface area contributed by atoms with E-state index in [-0.39, 0.29) is 5.84 Å². The molecule has 0 fully saturated rings. The van der Waals surface area contributed by atoms with Gasteiger partial charge in [0, 0.05) is 0 Å². The van der Waals surface area contributed by atoms with Crippen molar-refractivity contribution in [3.8, 4) is 11.5 Å². The van der Waals surface area contributed by atoms with E-state index >= 15 is 0 Å². The minimum Gasteiger partial charge on any atom is -0.490 e. The molecule has 5 heteroatoms. The third kappa shape index (κ3) is 3.65. The van der Waals surface area contributed by atoms with Crippen LogP contribution in [0.1, 0.15) is 5.56 Å². The third-order valence-electron chi connectivity index (χ3n) is 2.60. The molecular formula is C15H15ClN2O2. The second-order valence-electron chi connectivity index (χ2n) is 4.04. The predicted octanol–water partition coefficient (Wildman–Crippen LogP) is 3.08. The molecular weight excluding hydrogens is 276 g/mol. The molecule has 0 radical (unpaired) electrons. The Labute approximate surface area is 122 Å². The van der Waals surface area contributed by atoms with E-state index < -0.39 is 0 Å². The van der Waals surface area contributed by atoms with Gasteiger partial charge in [0.1, 0.15) is 30.5 Å². The van der Waals surface area contributed by atoms with Crippen LogP contribution in [-0.2, 0) is 0 Å². The minimum atomic E-state index is -0.116. The van der Waals surface area contributed by atoms with Crippen molar-refractivity contribution in [3.63, 3.8) is 0 Å². The van der Waals surface area contributed by atoms with Crippen LogP contribution < -0.4 is 15.2 Å². The quantitative estimate of drug-likeness (QED) is 0.488. The predicted molar refractivity (Wildman–Crippen MR) is 79.9 cm³/mol. The zero-order valence-corrected chi connectivity index (χ0v) is 11.6. The number of nitrogens with two attached hydrogens (primary N) is 1. The molecule has 0 amide bonds. The van der Waals surface area contributed by atoms with Gasteiger partial charge in [-0.05, 0) is 24.3 Å². The van der Waals surface area contributed by atoms with E-state index in [0.29, 0.717) is 29.5 Å². The Balaban J connectivity index is 1.92. The number of benzene rings is 2. The molecule has 0 aliphatic carbocycles. The molecule has 2 rings (SSSR count). The molecule has 0 heterocycles. The summed E-state index contributed by atoms with van der Waals surface area (Å²) in [7, 11) is 0. The molecule has 0 aliphatic heterocycles. The third-order valence-corrected chi connectivity index (χ3v) is 2.91. The summed E-state index contributed by atoms with van der Waals surface area (Å²) < 4.78 is 11.1. The molecule has 2 aromatic carbocycles. The fourth-order valence-corrected chi connectivity index (χ4v) is 1.98. The summed E-state index contributed by atoms with van der Waals surface area (Å²) in [5.74, 6) is 1.16. The van der Waals surface area contributed by atoms with Gasteiger partial charge in [0.15, 0.2) is 0 Å². The van der Waals surface area contributed by atoms with Crippen molar-refractivity contribution in [2.45, 2.75) is 0 Å². The number of nitrogens with one attached hydrogen (secondary N) is 1. The van der Waals surface area contributed by atoms with Crippen molar-refractivity contribution in [2.75, 3.05) is 13.2 Å². The summed E-state index contributed by atoms with van der Waals surface area (Å²) in [6, 6.07) is 14.6. The highest BCUT2D eigenvalue weighted by atomic mass is 35.5. The highest BCUT2D eigenvalue weighted by Gasteiger charge is 2.10. The number of amidine groups is 1. The Bertz CT molecular complexity index is 588. The molecule has 0 unspecified atom stereocenters. The maximum atomic E-state index is 7.51. The van der Waals surface area contributed by atoms with E-state index in [9.17, 15) is 0 Å². The van der Waals surface area contributed by atoms with Gasteiger partial charge < -0.3 is 15.2 Å². The molecule has 3 N–H and O–H groups in total. The topological polar surface area (TPSA) is 68.3 Å². The molecule has 2 aromatic rings. The van der Waals surface area contributed by atoms with Crippen molar-refractivity contribution in [1.29, 1.82) is 5.41 Å². The average Bonchev–Trinajstić information content (AvgIpc) is 2.44. The van der Waals surface area contributed by atoms with E-state index in [2.05, 4.69) is 0 Å². The molecule has 104 valence electrons. The molecule has 0 bridgehead atoms. The molecule has 4 nitrogen and oxygen atoms in total. The molecule has 0 saturated heterocycles. The first-order valence-electron chi connectivity index (χ1n) is 6.12. The zero-order chi connectivity index (χ0) is 14.4. The van der Waals surface area contributed by atoms with Crippen molar-refractivity contribution in [3.05, 3.63) is 59.1 Å². The Morgan fingerprint density at radius 1 is 1.00 bits per heavy atom. The van der Waals surface area contributed by atoms with Gasteiger partial charge in [-0.3, -0.25) is 5.41 Å². The average molecular weight is 291 g/mol. The van der Waals surface area contributed by atoms with Gasteiger partial charge in [-0.15, -0.1) is 0 Å². The summed E-state index contributed by atoms with van der Waals surface area (Å²) in [5, 5.41) is 7.92. The van der Waals surface area contributed by atoms with Gasteiger partial charge in [-0.25, -0.2) is 0 Å². The fraction of sp³-hybridized carbons (Fsp3) is 0.133. The standard InChI is InChI=1S/C15H15ClN2O2/c16-12-7-4-8-13(14(12)15(17)18)20-10-9-19-11-5-2-1-3-6-11/h1-8H,9-10H2,(H3,17,18). The Morgan fingerprint density at radius 3 is 2.40 bits per heavy atom. The first-order chi connectivity index (χ1) is 9.68. The van der Waals surface area contributed by atoms with Crippen molar-refractivity contribution < 1.29 is 9.47 Å². The van der Waals surface area contributed by atoms with Crippen molar-refractivity contribution in [1.82, 2.24) is 0 Å². The van der Waals surface area contributed by atoms with Crippen LogP contribution >= 0.6 is 11.6 Å². The zero-order valence-electron chi connectivity index (χ0n) is 10.8. The maximum Gasteiger partial charge on any atom is 0.131 e. The van der Waals surface area contributed by atoms with Crippen LogP contribution in [0.4, 0.5) is 0 Å². The van der Waals surface area contributed by atoms with Gasteiger partial charge >= 0.3 is 0 Å². The summed E-state index contributed by atoms with van der Waals surface area (Å²) >= 11 is 6.00. The van der Waals surface area contributed by atoms with Crippen LogP contribution in [-0.4, -0.2) is 19.0 Å². The van der Waals surface area contributed by atoms with E-state index in [1.807, 2.05) is 30.3 Å². The van der Waals surface area contributed by atoms with Gasteiger partial charge in [0.25, 0.3) is 0 Å². The molecule has 0 atom stereocenters. The monoisotopic (exact) mass is 290 g/mol. The number of nitrogen functional groups attached to an aromatic ring is 1. The molecule has 0 saturated carbocycles. The van der Waals surface area contributed by atoms with Crippen LogP contribution in [0.25, 0.3) is 0 Å². The minimum absolute atomic E-state index is 0.116. The smallest absolute Gasteiger partial charge is 0.131 e. The number of para-hydroxylation sites is 1.